The topological polar surface area (TPSA) is 124 Å². The summed E-state index contributed by atoms with van der Waals surface area (Å²) in [7, 11) is 1.48. The summed E-state index contributed by atoms with van der Waals surface area (Å²) in [6.45, 7) is 1.53. The van der Waals surface area contributed by atoms with Gasteiger partial charge in [0.05, 0.1) is 22.6 Å². The fraction of sp³-hybridized carbons (Fsp3) is 0.208. The van der Waals surface area contributed by atoms with E-state index in [0.29, 0.717) is 16.4 Å². The number of anilines is 3. The van der Waals surface area contributed by atoms with E-state index in [2.05, 4.69) is 5.32 Å². The second kappa shape index (κ2) is 8.26. The number of nitrogens with one attached hydrogen (secondary N) is 1. The number of phenols is 1. The predicted octanol–water partition coefficient (Wildman–Crippen LogP) is 3.27. The zero-order valence-electron chi connectivity index (χ0n) is 18.8. The second-order valence-corrected chi connectivity index (χ2v) is 9.82. The molecule has 4 N–H and O–H groups in total. The summed E-state index contributed by atoms with van der Waals surface area (Å²) in [6.07, 6.45) is 1.33. The number of aromatic hydroxyl groups is 1. The molecule has 1 fully saturated rings. The van der Waals surface area contributed by atoms with Crippen LogP contribution < -0.4 is 27.9 Å². The van der Waals surface area contributed by atoms with E-state index in [1.165, 1.54) is 58.0 Å². The molecule has 9 nitrogen and oxygen atoms in total. The van der Waals surface area contributed by atoms with Gasteiger partial charge in [-0.25, -0.2) is 9.18 Å². The highest BCUT2D eigenvalue weighted by Crippen LogP contribution is 2.34. The minimum Gasteiger partial charge on any atom is -0.506 e. The van der Waals surface area contributed by atoms with Gasteiger partial charge >= 0.3 is 5.69 Å². The van der Waals surface area contributed by atoms with Gasteiger partial charge in [0.2, 0.25) is 0 Å². The van der Waals surface area contributed by atoms with Crippen molar-refractivity contribution in [1.29, 1.82) is 0 Å². The molecule has 4 aromatic rings. The van der Waals surface area contributed by atoms with Crippen molar-refractivity contribution in [3.8, 4) is 11.4 Å². The lowest BCUT2D eigenvalue weighted by atomic mass is 10.1. The number of fused-ring (bicyclic) bond motifs is 1. The number of aromatic nitrogens is 3. The van der Waals surface area contributed by atoms with Gasteiger partial charge in [-0.3, -0.25) is 23.3 Å². The van der Waals surface area contributed by atoms with E-state index in [1.54, 1.807) is 6.07 Å². The SMILES string of the molecule is Cc1c(=O)n(C)c(Nc2ccc(I)cc2F)c2c(=O)n(C3CC3)c(=O)n(-c3ccc(O)c(N)c3)c12. The van der Waals surface area contributed by atoms with Gasteiger partial charge in [0, 0.05) is 22.2 Å². The van der Waals surface area contributed by atoms with Crippen molar-refractivity contribution >= 4 is 50.7 Å². The molecule has 0 atom stereocenters. The Morgan fingerprint density at radius 2 is 1.83 bits per heavy atom. The molecule has 2 heterocycles. The third kappa shape index (κ3) is 3.70. The van der Waals surface area contributed by atoms with Crippen LogP contribution in [0.5, 0.6) is 5.75 Å². The van der Waals surface area contributed by atoms with Crippen LogP contribution in [0.4, 0.5) is 21.6 Å². The minimum atomic E-state index is -0.613. The molecule has 2 aromatic carbocycles. The zero-order valence-corrected chi connectivity index (χ0v) is 21.0. The quantitative estimate of drug-likeness (QED) is 0.191. The van der Waals surface area contributed by atoms with Crippen LogP contribution in [-0.4, -0.2) is 18.8 Å². The highest BCUT2D eigenvalue weighted by Gasteiger charge is 2.31. The van der Waals surface area contributed by atoms with Crippen LogP contribution in [0.1, 0.15) is 24.4 Å². The maximum absolute atomic E-state index is 14.7. The molecular weight excluding hydrogens is 568 g/mol. The van der Waals surface area contributed by atoms with Crippen LogP contribution in [0, 0.1) is 16.3 Å². The van der Waals surface area contributed by atoms with Crippen molar-refractivity contribution in [1.82, 2.24) is 13.7 Å². The van der Waals surface area contributed by atoms with Crippen LogP contribution in [0.15, 0.2) is 50.8 Å². The van der Waals surface area contributed by atoms with Crippen molar-refractivity contribution < 1.29 is 9.50 Å². The van der Waals surface area contributed by atoms with Crippen molar-refractivity contribution in [2.45, 2.75) is 25.8 Å². The molecule has 0 spiro atoms. The average Bonchev–Trinajstić information content (AvgIpc) is 3.64. The fourth-order valence-corrected chi connectivity index (χ4v) is 4.71. The van der Waals surface area contributed by atoms with Crippen LogP contribution in [0.2, 0.25) is 0 Å². The van der Waals surface area contributed by atoms with Crippen LogP contribution >= 0.6 is 22.6 Å². The summed E-state index contributed by atoms with van der Waals surface area (Å²) >= 11 is 1.98. The molecule has 0 amide bonds. The summed E-state index contributed by atoms with van der Waals surface area (Å²) in [5.74, 6) is -0.651. The van der Waals surface area contributed by atoms with Crippen molar-refractivity contribution in [3.63, 3.8) is 0 Å². The first-order chi connectivity index (χ1) is 16.6. The minimum absolute atomic E-state index is 0.0347. The van der Waals surface area contributed by atoms with Crippen molar-refractivity contribution in [2.24, 2.45) is 7.05 Å². The van der Waals surface area contributed by atoms with Gasteiger partial charge in [-0.05, 0) is 78.8 Å². The molecule has 1 aliphatic carbocycles. The molecule has 35 heavy (non-hydrogen) atoms. The molecule has 0 saturated heterocycles. The number of rotatable bonds is 4. The number of nitrogens with zero attached hydrogens (tertiary/aromatic N) is 3. The van der Waals surface area contributed by atoms with Gasteiger partial charge in [0.15, 0.2) is 0 Å². The van der Waals surface area contributed by atoms with Gasteiger partial charge in [-0.1, -0.05) is 0 Å². The number of hydrogen-bond donors (Lipinski definition) is 3. The molecule has 1 aliphatic rings. The summed E-state index contributed by atoms with van der Waals surface area (Å²) in [5, 5.41) is 12.9. The van der Waals surface area contributed by atoms with Gasteiger partial charge in [-0.2, -0.15) is 0 Å². The van der Waals surface area contributed by atoms with Crippen molar-refractivity contribution in [2.75, 3.05) is 11.1 Å². The lowest BCUT2D eigenvalue weighted by Crippen LogP contribution is -2.41. The smallest absolute Gasteiger partial charge is 0.336 e. The number of benzene rings is 2. The summed E-state index contributed by atoms with van der Waals surface area (Å²) in [4.78, 5) is 40.6. The third-order valence-corrected chi connectivity index (χ3v) is 6.88. The number of pyridine rings is 1. The maximum atomic E-state index is 14.7. The summed E-state index contributed by atoms with van der Waals surface area (Å²) < 4.78 is 19.1. The molecule has 0 bridgehead atoms. The van der Waals surface area contributed by atoms with E-state index < -0.39 is 22.6 Å². The first-order valence-electron chi connectivity index (χ1n) is 10.8. The molecule has 1 saturated carbocycles. The second-order valence-electron chi connectivity index (χ2n) is 8.58. The monoisotopic (exact) mass is 589 g/mol. The average molecular weight is 589 g/mol. The molecule has 2 aromatic heterocycles. The summed E-state index contributed by atoms with van der Waals surface area (Å²) in [6, 6.07) is 8.49. The lowest BCUT2D eigenvalue weighted by molar-refractivity contribution is 0.478. The van der Waals surface area contributed by atoms with Gasteiger partial charge in [0.1, 0.15) is 22.8 Å². The van der Waals surface area contributed by atoms with E-state index in [0.717, 1.165) is 0 Å². The molecule has 0 aliphatic heterocycles. The number of phenolic OH excluding ortho intramolecular Hbond substituents is 1. The van der Waals surface area contributed by atoms with E-state index in [1.807, 2.05) is 22.6 Å². The van der Waals surface area contributed by atoms with Crippen LogP contribution in [0.25, 0.3) is 16.6 Å². The highest BCUT2D eigenvalue weighted by atomic mass is 127. The number of hydrogen-bond acceptors (Lipinski definition) is 6. The first-order valence-corrected chi connectivity index (χ1v) is 11.9. The Hall–Kier alpha value is -3.61. The normalized spacial score (nSPS) is 13.4. The highest BCUT2D eigenvalue weighted by molar-refractivity contribution is 14.1. The Bertz CT molecular complexity index is 1720. The molecule has 0 unspecified atom stereocenters. The Kier molecular flexibility index (Phi) is 5.46. The van der Waals surface area contributed by atoms with Gasteiger partial charge in [0.25, 0.3) is 11.1 Å². The number of halogens is 2. The van der Waals surface area contributed by atoms with E-state index >= 15 is 0 Å². The van der Waals surface area contributed by atoms with Gasteiger partial charge in [-0.15, -0.1) is 0 Å². The summed E-state index contributed by atoms with van der Waals surface area (Å²) in [5.41, 5.74) is 4.91. The molecular formula is C24H21FIN5O4. The number of nitrogens with two attached hydrogens (primary N) is 1. The predicted molar refractivity (Wildman–Crippen MR) is 141 cm³/mol. The van der Waals surface area contributed by atoms with E-state index in [4.69, 9.17) is 5.73 Å². The largest absolute Gasteiger partial charge is 0.506 e. The maximum Gasteiger partial charge on any atom is 0.336 e. The van der Waals surface area contributed by atoms with Crippen LogP contribution in [-0.2, 0) is 7.05 Å². The van der Waals surface area contributed by atoms with E-state index in [9.17, 15) is 23.9 Å². The standard InChI is InChI=1S/C24H21FIN5O4/c1-11-20-19(21(29(2)22(11)33)28-17-7-3-12(26)9-15(17)25)23(34)31(13-4-5-13)24(35)30(20)14-6-8-18(32)16(27)10-14/h3,6-10,13,28,32H,4-5,27H2,1-2H3. The Morgan fingerprint density at radius 1 is 1.11 bits per heavy atom. The fourth-order valence-electron chi connectivity index (χ4n) is 4.25. The van der Waals surface area contributed by atoms with E-state index in [-0.39, 0.29) is 51.1 Å². The lowest BCUT2D eigenvalue weighted by Gasteiger charge is -2.21. The third-order valence-electron chi connectivity index (χ3n) is 6.21. The Balaban J connectivity index is 1.95. The Morgan fingerprint density at radius 3 is 2.46 bits per heavy atom. The number of aryl methyl sites for hydroxylation is 1. The van der Waals surface area contributed by atoms with Crippen LogP contribution in [0.3, 0.4) is 0 Å². The Labute approximate surface area is 211 Å². The molecule has 180 valence electrons. The molecule has 0 radical (unpaired) electrons. The molecule has 11 heteroatoms. The zero-order chi connectivity index (χ0) is 25.2. The molecule has 5 rings (SSSR count). The number of nitrogen functional groups attached to an aromatic ring is 1. The first kappa shape index (κ1) is 23.1. The van der Waals surface area contributed by atoms with Crippen molar-refractivity contribution in [3.05, 3.63) is 82.5 Å². The van der Waals surface area contributed by atoms with Gasteiger partial charge < -0.3 is 16.2 Å².